The normalized spacial score (nSPS) is 23.0. The van der Waals surface area contributed by atoms with Gasteiger partial charge in [-0.2, -0.15) is 0 Å². The van der Waals surface area contributed by atoms with Crippen molar-refractivity contribution in [2.45, 2.75) is 20.3 Å². The zero-order chi connectivity index (χ0) is 16.2. The van der Waals surface area contributed by atoms with Gasteiger partial charge >= 0.3 is 15.1 Å². The van der Waals surface area contributed by atoms with Gasteiger partial charge in [0.25, 0.3) is 5.97 Å². The van der Waals surface area contributed by atoms with E-state index < -0.39 is 35.9 Å². The third-order valence-electron chi connectivity index (χ3n) is 3.49. The summed E-state index contributed by atoms with van der Waals surface area (Å²) in [4.78, 5) is 11.7. The maximum atomic E-state index is 13.1. The van der Waals surface area contributed by atoms with Crippen LogP contribution in [0.25, 0.3) is 0 Å². The predicted octanol–water partition coefficient (Wildman–Crippen LogP) is 2.87. The van der Waals surface area contributed by atoms with Crippen molar-refractivity contribution in [1.82, 2.24) is 0 Å². The van der Waals surface area contributed by atoms with Crippen LogP contribution in [0.2, 0.25) is 0 Å². The molecular weight excluding hydrogens is 341 g/mol. The first-order valence-electron chi connectivity index (χ1n) is 7.20. The largest absolute Gasteiger partial charge is 1.01 e. The first-order chi connectivity index (χ1) is 10.4. The third kappa shape index (κ3) is 4.33. The second-order valence-corrected chi connectivity index (χ2v) is 12.6. The Morgan fingerprint density at radius 2 is 1.91 bits per heavy atom. The lowest BCUT2D eigenvalue weighted by molar-refractivity contribution is -0.135. The molecular formula is C13H19AlO6P2. The second kappa shape index (κ2) is 7.45. The van der Waals surface area contributed by atoms with E-state index in [-0.39, 0.29) is 12.6 Å². The van der Waals surface area contributed by atoms with Crippen LogP contribution in [0.15, 0.2) is 30.3 Å². The Morgan fingerprint density at radius 1 is 1.27 bits per heavy atom. The summed E-state index contributed by atoms with van der Waals surface area (Å²) in [6.07, 6.45) is 0.722. The van der Waals surface area contributed by atoms with Gasteiger partial charge in [0.15, 0.2) is 7.37 Å². The van der Waals surface area contributed by atoms with E-state index >= 15 is 0 Å². The average Bonchev–Trinajstić information content (AvgIpc) is 2.67. The average molecular weight is 360 g/mol. The fourth-order valence-corrected chi connectivity index (χ4v) is 9.49. The smallest absolute Gasteiger partial charge is 0.572 e. The molecule has 0 aromatic heterocycles. The lowest BCUT2D eigenvalue weighted by atomic mass is 10.4. The first-order valence-corrected chi connectivity index (χ1v) is 12.4. The monoisotopic (exact) mass is 360 g/mol. The quantitative estimate of drug-likeness (QED) is 0.594. The second-order valence-electron chi connectivity index (χ2n) is 4.92. The van der Waals surface area contributed by atoms with Crippen LogP contribution in [0.5, 0.6) is 0 Å². The maximum absolute atomic E-state index is 13.1. The Hall–Kier alpha value is -0.398. The summed E-state index contributed by atoms with van der Waals surface area (Å²) in [5, 5.41) is 0.525. The molecule has 0 aliphatic carbocycles. The van der Waals surface area contributed by atoms with E-state index in [4.69, 9.17) is 10.9 Å². The minimum absolute atomic E-state index is 0.00157. The third-order valence-corrected chi connectivity index (χ3v) is 12.0. The molecule has 0 amide bonds. The van der Waals surface area contributed by atoms with Crippen LogP contribution in [0.1, 0.15) is 20.3 Å². The van der Waals surface area contributed by atoms with Gasteiger partial charge in [-0.25, -0.2) is 0 Å². The van der Waals surface area contributed by atoms with Gasteiger partial charge in [-0.15, -0.1) is 0 Å². The van der Waals surface area contributed by atoms with Gasteiger partial charge in [0.1, 0.15) is 0 Å². The Kier molecular flexibility index (Phi) is 6.08. The molecule has 0 radical (unpaired) electrons. The van der Waals surface area contributed by atoms with Crippen molar-refractivity contribution in [3.63, 3.8) is 0 Å². The Balaban J connectivity index is 2.26. The molecule has 1 aromatic carbocycles. The predicted molar refractivity (Wildman–Crippen MR) is 85.9 cm³/mol. The van der Waals surface area contributed by atoms with E-state index in [1.165, 1.54) is 0 Å². The van der Waals surface area contributed by atoms with Crippen LogP contribution in [-0.4, -0.2) is 39.6 Å². The lowest BCUT2D eigenvalue weighted by Crippen LogP contribution is -2.27. The molecule has 1 aromatic rings. The van der Waals surface area contributed by atoms with E-state index in [2.05, 4.69) is 0 Å². The fraction of sp³-hybridized carbons (Fsp3) is 0.462. The topological polar surface area (TPSA) is 78.9 Å². The standard InChI is InChI=1S/C9H11O4P.C4H11O2P.Al/c10-9(11)6-7-14(12,13)8-4-2-1-3-5-8;1-3-7(5,6)4-2;/h1-5H,6-7H2,(H,10,11)(H,12,13);3-4H2,1-2H3,(H,5,6);/q;;+3/p-3. The van der Waals surface area contributed by atoms with E-state index in [0.29, 0.717) is 17.6 Å². The Bertz CT molecular complexity index is 612. The molecule has 1 fully saturated rings. The van der Waals surface area contributed by atoms with Crippen molar-refractivity contribution in [2.24, 2.45) is 0 Å². The highest BCUT2D eigenvalue weighted by Gasteiger charge is 2.50. The van der Waals surface area contributed by atoms with Crippen molar-refractivity contribution in [2.75, 3.05) is 18.5 Å². The molecule has 1 saturated heterocycles. The maximum Gasteiger partial charge on any atom is 1.01 e. The summed E-state index contributed by atoms with van der Waals surface area (Å²) in [5.74, 6) is -0.510. The summed E-state index contributed by atoms with van der Waals surface area (Å²) < 4.78 is 41.8. The fourth-order valence-electron chi connectivity index (χ4n) is 2.03. The summed E-state index contributed by atoms with van der Waals surface area (Å²) in [6.45, 7) is 3.49. The number of carbonyl (C=O) groups excluding carboxylic acids is 1. The molecule has 1 atom stereocenters. The number of hydrogen-bond acceptors (Lipinski definition) is 6. The van der Waals surface area contributed by atoms with Gasteiger partial charge in [-0.1, -0.05) is 32.0 Å². The van der Waals surface area contributed by atoms with E-state index in [0.717, 1.165) is 0 Å². The van der Waals surface area contributed by atoms with Crippen LogP contribution >= 0.6 is 14.7 Å². The summed E-state index contributed by atoms with van der Waals surface area (Å²) in [5.41, 5.74) is 0. The molecule has 1 heterocycles. The number of benzene rings is 1. The summed E-state index contributed by atoms with van der Waals surface area (Å²) >= 11 is -3.06. The van der Waals surface area contributed by atoms with Gasteiger partial charge < -0.3 is 10.9 Å². The Morgan fingerprint density at radius 3 is 2.50 bits per heavy atom. The minimum Gasteiger partial charge on any atom is -0.572 e. The summed E-state index contributed by atoms with van der Waals surface area (Å²) in [6, 6.07) is 8.71. The molecule has 1 aliphatic heterocycles. The van der Waals surface area contributed by atoms with Crippen LogP contribution in [0.4, 0.5) is 0 Å². The van der Waals surface area contributed by atoms with Crippen LogP contribution < -0.4 is 5.30 Å². The highest BCUT2D eigenvalue weighted by Crippen LogP contribution is 2.53. The highest BCUT2D eigenvalue weighted by molar-refractivity contribution is 7.68. The molecule has 6 nitrogen and oxygen atoms in total. The van der Waals surface area contributed by atoms with Crippen molar-refractivity contribution < 1.29 is 24.9 Å². The van der Waals surface area contributed by atoms with Crippen LogP contribution in [0.3, 0.4) is 0 Å². The van der Waals surface area contributed by atoms with Gasteiger partial charge in [0, 0.05) is 23.8 Å². The molecule has 0 bridgehead atoms. The molecule has 0 N–H and O–H groups in total. The molecule has 9 heteroatoms. The van der Waals surface area contributed by atoms with Crippen molar-refractivity contribution >= 4 is 41.2 Å². The minimum atomic E-state index is -3.24. The molecule has 0 unspecified atom stereocenters. The van der Waals surface area contributed by atoms with Gasteiger partial charge in [-0.3, -0.25) is 13.9 Å². The zero-order valence-electron chi connectivity index (χ0n) is 12.6. The van der Waals surface area contributed by atoms with Gasteiger partial charge in [0.05, 0.1) is 6.42 Å². The lowest BCUT2D eigenvalue weighted by Gasteiger charge is -2.21. The van der Waals surface area contributed by atoms with E-state index in [9.17, 15) is 13.9 Å². The summed E-state index contributed by atoms with van der Waals surface area (Å²) in [7, 11) is -6.14. The van der Waals surface area contributed by atoms with Crippen LogP contribution in [0, 0.1) is 0 Å². The Labute approximate surface area is 135 Å². The number of hydrogen-bond donors (Lipinski definition) is 0. The molecule has 1 aliphatic rings. The molecule has 2 rings (SSSR count). The van der Waals surface area contributed by atoms with E-state index in [1.807, 2.05) is 6.07 Å². The molecule has 22 heavy (non-hydrogen) atoms. The van der Waals surface area contributed by atoms with Gasteiger partial charge in [-0.05, 0) is 12.1 Å². The molecule has 120 valence electrons. The van der Waals surface area contributed by atoms with Crippen molar-refractivity contribution in [1.29, 1.82) is 0 Å². The van der Waals surface area contributed by atoms with Gasteiger partial charge in [0.2, 0.25) is 7.37 Å². The highest BCUT2D eigenvalue weighted by atomic mass is 31.2. The number of carbonyl (C=O) groups is 1. The van der Waals surface area contributed by atoms with E-state index in [1.54, 1.807) is 38.1 Å². The van der Waals surface area contributed by atoms with Crippen molar-refractivity contribution in [3.05, 3.63) is 30.3 Å². The first kappa shape index (κ1) is 17.9. The van der Waals surface area contributed by atoms with Crippen LogP contribution in [-0.2, 0) is 24.9 Å². The SMILES string of the molecule is CCP(=O)(CC)[O][Al]1[O]C(=O)CC[P@@](=O)(c2ccccc2)[O]1. The zero-order valence-corrected chi connectivity index (χ0v) is 15.6. The van der Waals surface area contributed by atoms with Crippen molar-refractivity contribution in [3.8, 4) is 0 Å². The molecule has 0 spiro atoms. The molecule has 0 saturated carbocycles. The number of rotatable bonds is 5.